The van der Waals surface area contributed by atoms with Crippen LogP contribution in [0.1, 0.15) is 46.4 Å². The number of hydrogen-bond donors (Lipinski definition) is 1. The van der Waals surface area contributed by atoms with E-state index in [-0.39, 0.29) is 17.9 Å². The lowest BCUT2D eigenvalue weighted by Crippen LogP contribution is -2.65. The van der Waals surface area contributed by atoms with Crippen LogP contribution in [0.25, 0.3) is 0 Å². The molecule has 1 unspecified atom stereocenters. The van der Waals surface area contributed by atoms with Crippen LogP contribution in [0.5, 0.6) is 0 Å². The first-order valence-corrected chi connectivity index (χ1v) is 13.5. The first-order valence-electron chi connectivity index (χ1n) is 13.5. The third kappa shape index (κ3) is 5.22. The number of piperidine rings is 3. The number of pyridine rings is 1. The summed E-state index contributed by atoms with van der Waals surface area (Å²) in [4.78, 5) is 30.3. The third-order valence-corrected chi connectivity index (χ3v) is 8.29. The summed E-state index contributed by atoms with van der Waals surface area (Å²) in [7, 11) is 0. The van der Waals surface area contributed by atoms with Gasteiger partial charge in [-0.3, -0.25) is 14.6 Å². The van der Waals surface area contributed by atoms with Crippen molar-refractivity contribution in [1.82, 2.24) is 10.3 Å². The zero-order valence-electron chi connectivity index (χ0n) is 21.8. The van der Waals surface area contributed by atoms with Crippen molar-refractivity contribution in [2.45, 2.75) is 37.9 Å². The largest absolute Gasteiger partial charge is 0.834 e. The highest BCUT2D eigenvalue weighted by Gasteiger charge is 2.48. The number of esters is 1. The van der Waals surface area contributed by atoms with Gasteiger partial charge in [-0.05, 0) is 30.2 Å². The second-order valence-corrected chi connectivity index (χ2v) is 10.6. The fourth-order valence-corrected chi connectivity index (χ4v) is 6.07. The number of carbonyl (C=O) groups is 2. The van der Waals surface area contributed by atoms with E-state index >= 15 is 0 Å². The Hall–Kier alpha value is -3.55. The number of nitrogens with one attached hydrogen (secondary N) is 1. The summed E-state index contributed by atoms with van der Waals surface area (Å²) in [5.41, 5.74) is -0.0195. The van der Waals surface area contributed by atoms with Gasteiger partial charge in [0, 0.05) is 49.2 Å². The van der Waals surface area contributed by atoms with Gasteiger partial charge in [-0.25, -0.2) is 0 Å². The fourth-order valence-electron chi connectivity index (χ4n) is 6.07. The van der Waals surface area contributed by atoms with E-state index in [0.717, 1.165) is 49.1 Å². The maximum Gasteiger partial charge on any atom is 0.304 e. The maximum absolute atomic E-state index is 14.3. The van der Waals surface area contributed by atoms with Gasteiger partial charge in [0.05, 0.1) is 25.2 Å². The van der Waals surface area contributed by atoms with Gasteiger partial charge in [0.25, 0.3) is 5.91 Å². The summed E-state index contributed by atoms with van der Waals surface area (Å²) in [5, 5.41) is 17.3. The van der Waals surface area contributed by atoms with Crippen molar-refractivity contribution < 1.29 is 23.9 Å². The lowest BCUT2D eigenvalue weighted by atomic mass is 9.82. The number of aromatic nitrogens is 1. The molecule has 3 aliphatic heterocycles. The molecule has 7 nitrogen and oxygen atoms in total. The normalized spacial score (nSPS) is 22.6. The molecule has 0 aliphatic carbocycles. The van der Waals surface area contributed by atoms with Crippen LogP contribution in [0.3, 0.4) is 0 Å². The van der Waals surface area contributed by atoms with Crippen molar-refractivity contribution in [2.24, 2.45) is 5.92 Å². The molecule has 2 aromatic carbocycles. The highest BCUT2D eigenvalue weighted by molar-refractivity contribution is 5.95. The van der Waals surface area contributed by atoms with Gasteiger partial charge in [-0.15, -0.1) is 0 Å². The molecule has 0 radical (unpaired) electrons. The van der Waals surface area contributed by atoms with Crippen molar-refractivity contribution in [1.29, 1.82) is 0 Å². The summed E-state index contributed by atoms with van der Waals surface area (Å²) in [5.74, 6) is -0.553. The molecule has 6 rings (SSSR count). The third-order valence-electron chi connectivity index (χ3n) is 8.29. The fraction of sp³-hybridized carbons (Fsp3) is 0.387. The molecule has 1 atom stereocenters. The average Bonchev–Trinajstić information content (AvgIpc) is 2.96. The Labute approximate surface area is 224 Å². The van der Waals surface area contributed by atoms with E-state index in [1.54, 1.807) is 66.9 Å². The minimum Gasteiger partial charge on any atom is -0.834 e. The summed E-state index contributed by atoms with van der Waals surface area (Å²) in [6, 6.07) is 21.1. The first-order chi connectivity index (χ1) is 18.4. The molecule has 1 aromatic heterocycles. The first kappa shape index (κ1) is 26.1. The van der Waals surface area contributed by atoms with Gasteiger partial charge < -0.3 is 19.6 Å². The molecule has 4 heterocycles. The summed E-state index contributed by atoms with van der Waals surface area (Å²) >= 11 is 0. The van der Waals surface area contributed by atoms with Gasteiger partial charge >= 0.3 is 5.97 Å². The predicted molar refractivity (Wildman–Crippen MR) is 142 cm³/mol. The number of rotatable bonds is 9. The Morgan fingerprint density at radius 2 is 1.63 bits per heavy atom. The molecular formula is C31H35N3O4. The molecule has 198 valence electrons. The van der Waals surface area contributed by atoms with E-state index in [4.69, 9.17) is 4.74 Å². The molecular weight excluding hydrogens is 478 g/mol. The van der Waals surface area contributed by atoms with Crippen molar-refractivity contribution in [3.63, 3.8) is 0 Å². The number of carbonyl (C=O) groups excluding carboxylic acids is 2. The van der Waals surface area contributed by atoms with Crippen LogP contribution in [0.2, 0.25) is 0 Å². The van der Waals surface area contributed by atoms with Crippen molar-refractivity contribution in [3.8, 4) is 0 Å². The molecule has 2 bridgehead atoms. The molecule has 0 spiro atoms. The number of benzene rings is 2. The van der Waals surface area contributed by atoms with E-state index in [0.29, 0.717) is 29.8 Å². The zero-order chi connectivity index (χ0) is 26.6. The Balaban J connectivity index is 1.23. The number of aryl methyl sites for hydroxylation is 1. The number of nitrogens with zero attached hydrogens (tertiary/aromatic N) is 2. The van der Waals surface area contributed by atoms with E-state index in [2.05, 4.69) is 10.3 Å². The SMILES string of the molecule is Cc1ncccc1C(=O)NCCC[N+]12CCC(CC1)C(OC(=O)C([O-])(c1ccccc1)c1ccccc1)C2. The Morgan fingerprint density at radius 3 is 2.24 bits per heavy atom. The topological polar surface area (TPSA) is 91.3 Å². The van der Waals surface area contributed by atoms with Gasteiger partial charge in [-0.2, -0.15) is 0 Å². The van der Waals surface area contributed by atoms with Gasteiger partial charge in [-0.1, -0.05) is 60.7 Å². The Kier molecular flexibility index (Phi) is 7.58. The number of quaternary nitrogens is 1. The molecule has 3 fully saturated rings. The highest BCUT2D eigenvalue weighted by atomic mass is 16.6. The number of amides is 1. The number of hydrogen-bond acceptors (Lipinski definition) is 5. The summed E-state index contributed by atoms with van der Waals surface area (Å²) < 4.78 is 6.96. The van der Waals surface area contributed by atoms with E-state index in [1.807, 2.05) is 19.1 Å². The molecule has 3 aromatic rings. The van der Waals surface area contributed by atoms with Gasteiger partial charge in [0.2, 0.25) is 0 Å². The summed E-state index contributed by atoms with van der Waals surface area (Å²) in [6.07, 6.45) is 4.18. The second kappa shape index (κ2) is 11.1. The average molecular weight is 514 g/mol. The Bertz CT molecular complexity index is 1220. The number of ether oxygens (including phenoxy) is 1. The maximum atomic E-state index is 14.3. The number of fused-ring (bicyclic) bond motifs is 3. The van der Waals surface area contributed by atoms with Crippen LogP contribution < -0.4 is 10.4 Å². The minimum atomic E-state index is -2.12. The molecule has 1 N–H and O–H groups in total. The minimum absolute atomic E-state index is 0.103. The molecule has 1 amide bonds. The van der Waals surface area contributed by atoms with Gasteiger partial charge in [0.15, 0.2) is 6.10 Å². The molecule has 38 heavy (non-hydrogen) atoms. The molecule has 0 saturated carbocycles. The Morgan fingerprint density at radius 1 is 1.00 bits per heavy atom. The standard InChI is InChI=1S/C31H35N3O4/c1-23-27(14-8-17-32-23)29(35)33-18-9-19-34-20-15-24(16-21-34)28(22-34)38-30(36)31(37,25-10-4-2-5-11-25)26-12-6-3-7-13-26/h2-8,10-14,17,24,28H,9,15-16,18-22H2,1H3,(H,33,35). The van der Waals surface area contributed by atoms with Crippen LogP contribution in [-0.2, 0) is 15.1 Å². The van der Waals surface area contributed by atoms with Crippen LogP contribution >= 0.6 is 0 Å². The van der Waals surface area contributed by atoms with E-state index in [1.165, 1.54) is 0 Å². The molecule has 3 aliphatic rings. The quantitative estimate of drug-likeness (QED) is 0.270. The molecule has 3 saturated heterocycles. The predicted octanol–water partition coefficient (Wildman–Crippen LogP) is 2.97. The summed E-state index contributed by atoms with van der Waals surface area (Å²) in [6.45, 7) is 6.09. The monoisotopic (exact) mass is 513 g/mol. The lowest BCUT2D eigenvalue weighted by Gasteiger charge is -2.53. The lowest BCUT2D eigenvalue weighted by molar-refractivity contribution is -0.946. The van der Waals surface area contributed by atoms with Crippen LogP contribution in [0.15, 0.2) is 79.0 Å². The van der Waals surface area contributed by atoms with Crippen molar-refractivity contribution >= 4 is 11.9 Å². The highest BCUT2D eigenvalue weighted by Crippen LogP contribution is 2.37. The van der Waals surface area contributed by atoms with Crippen molar-refractivity contribution in [3.05, 3.63) is 101 Å². The van der Waals surface area contributed by atoms with Crippen molar-refractivity contribution in [2.75, 3.05) is 32.7 Å². The van der Waals surface area contributed by atoms with Gasteiger partial charge in [0.1, 0.15) is 6.54 Å². The second-order valence-electron chi connectivity index (χ2n) is 10.6. The zero-order valence-corrected chi connectivity index (χ0v) is 21.8. The smallest absolute Gasteiger partial charge is 0.304 e. The van der Waals surface area contributed by atoms with E-state index < -0.39 is 11.6 Å². The van der Waals surface area contributed by atoms with E-state index in [9.17, 15) is 14.7 Å². The van der Waals surface area contributed by atoms with Crippen LogP contribution in [-0.4, -0.2) is 60.2 Å². The van der Waals surface area contributed by atoms with Crippen LogP contribution in [0, 0.1) is 12.8 Å². The van der Waals surface area contributed by atoms with Crippen LogP contribution in [0.4, 0.5) is 0 Å². The molecule has 7 heteroatoms.